The second-order valence-electron chi connectivity index (χ2n) is 5.17. The second-order valence-corrected chi connectivity index (χ2v) is 5.17. The first-order chi connectivity index (χ1) is 9.47. The van der Waals surface area contributed by atoms with Gasteiger partial charge in [-0.2, -0.15) is 0 Å². The fraction of sp³-hybridized carbons (Fsp3) is 0.333. The van der Waals surface area contributed by atoms with Crippen molar-refractivity contribution in [2.24, 2.45) is 5.92 Å². The third-order valence-electron chi connectivity index (χ3n) is 2.98. The lowest BCUT2D eigenvalue weighted by Crippen LogP contribution is -2.42. The molecule has 2 amide bonds. The van der Waals surface area contributed by atoms with Crippen LogP contribution in [0.15, 0.2) is 34.7 Å². The molecule has 1 radical (unpaired) electrons. The summed E-state index contributed by atoms with van der Waals surface area (Å²) in [4.78, 5) is 23.3. The van der Waals surface area contributed by atoms with Gasteiger partial charge < -0.3 is 9.73 Å². The van der Waals surface area contributed by atoms with Gasteiger partial charge in [-0.05, 0) is 24.5 Å². The number of benzene rings is 1. The Morgan fingerprint density at radius 3 is 2.60 bits per heavy atom. The summed E-state index contributed by atoms with van der Waals surface area (Å²) in [5.41, 5.74) is 7.83. The van der Waals surface area contributed by atoms with Gasteiger partial charge in [-0.25, -0.2) is 0 Å². The Balaban J connectivity index is 2.15. The normalized spacial score (nSPS) is 12.6. The zero-order chi connectivity index (χ0) is 14.7. The first-order valence-electron chi connectivity index (χ1n) is 6.52. The van der Waals surface area contributed by atoms with E-state index in [1.165, 1.54) is 0 Å². The Morgan fingerprint density at radius 1 is 1.30 bits per heavy atom. The van der Waals surface area contributed by atoms with E-state index in [0.29, 0.717) is 12.0 Å². The van der Waals surface area contributed by atoms with Gasteiger partial charge in [-0.15, -0.1) is 0 Å². The topological polar surface area (TPSA) is 83.1 Å². The molecule has 0 spiro atoms. The molecule has 1 heterocycles. The van der Waals surface area contributed by atoms with Crippen molar-refractivity contribution in [3.8, 4) is 0 Å². The quantitative estimate of drug-likeness (QED) is 0.907. The number of hydrogen-bond acceptors (Lipinski definition) is 3. The highest BCUT2D eigenvalue weighted by atomic mass is 16.3. The number of para-hydroxylation sites is 1. The molecule has 1 atom stereocenters. The summed E-state index contributed by atoms with van der Waals surface area (Å²) in [5, 5.41) is 3.38. The zero-order valence-corrected chi connectivity index (χ0v) is 11.5. The standard InChI is InChI=1S/C15H17N2O3/c1-9(2)7-11(14(16)18)17-15(19)13-8-10-5-3-4-6-12(10)20-13/h3-6,8-9,11,16H,7H2,1-2H3,(H,17,19)/t11-/m0/s1. The zero-order valence-electron chi connectivity index (χ0n) is 11.5. The minimum absolute atomic E-state index is 0.154. The Labute approximate surface area is 117 Å². The van der Waals surface area contributed by atoms with Crippen molar-refractivity contribution in [3.05, 3.63) is 36.1 Å². The van der Waals surface area contributed by atoms with Gasteiger partial charge in [0.1, 0.15) is 11.6 Å². The van der Waals surface area contributed by atoms with Crippen molar-refractivity contribution in [2.75, 3.05) is 0 Å². The average molecular weight is 273 g/mol. The molecular formula is C15H17N2O3. The predicted molar refractivity (Wildman–Crippen MR) is 75.0 cm³/mol. The number of amides is 2. The van der Waals surface area contributed by atoms with E-state index in [1.54, 1.807) is 12.1 Å². The van der Waals surface area contributed by atoms with Gasteiger partial charge >= 0.3 is 0 Å². The molecular weight excluding hydrogens is 256 g/mol. The van der Waals surface area contributed by atoms with E-state index in [2.05, 4.69) is 5.32 Å². The predicted octanol–water partition coefficient (Wildman–Crippen LogP) is 2.39. The maximum absolute atomic E-state index is 12.1. The SMILES string of the molecule is CC(C)C[C@H](NC(=O)c1cc2ccccc2o1)C([NH])=O. The third-order valence-corrected chi connectivity index (χ3v) is 2.98. The minimum Gasteiger partial charge on any atom is -0.451 e. The number of nitrogens with one attached hydrogen (secondary N) is 2. The molecule has 20 heavy (non-hydrogen) atoms. The Kier molecular flexibility index (Phi) is 4.08. The van der Waals surface area contributed by atoms with Crippen LogP contribution < -0.4 is 11.1 Å². The Bertz CT molecular complexity index is 598. The van der Waals surface area contributed by atoms with Crippen molar-refractivity contribution in [1.82, 2.24) is 11.1 Å². The Morgan fingerprint density at radius 2 is 2.00 bits per heavy atom. The molecule has 0 bridgehead atoms. The molecule has 0 aliphatic rings. The highest BCUT2D eigenvalue weighted by Crippen LogP contribution is 2.19. The van der Waals surface area contributed by atoms with Crippen LogP contribution in [0.3, 0.4) is 0 Å². The molecule has 2 aromatic rings. The van der Waals surface area contributed by atoms with Crippen LogP contribution in [0.5, 0.6) is 0 Å². The van der Waals surface area contributed by atoms with E-state index >= 15 is 0 Å². The molecule has 0 saturated carbocycles. The van der Waals surface area contributed by atoms with E-state index in [4.69, 9.17) is 10.2 Å². The highest BCUT2D eigenvalue weighted by Gasteiger charge is 2.22. The lowest BCUT2D eigenvalue weighted by atomic mass is 10.0. The van der Waals surface area contributed by atoms with Crippen LogP contribution in [0.25, 0.3) is 11.0 Å². The van der Waals surface area contributed by atoms with Crippen LogP contribution in [-0.4, -0.2) is 17.9 Å². The first-order valence-corrected chi connectivity index (χ1v) is 6.52. The van der Waals surface area contributed by atoms with Crippen molar-refractivity contribution < 1.29 is 14.0 Å². The molecule has 1 aromatic heterocycles. The summed E-state index contributed by atoms with van der Waals surface area (Å²) in [6, 6.07) is 8.13. The van der Waals surface area contributed by atoms with Crippen LogP contribution in [0.2, 0.25) is 0 Å². The van der Waals surface area contributed by atoms with Crippen LogP contribution >= 0.6 is 0 Å². The van der Waals surface area contributed by atoms with Gasteiger partial charge in [0.25, 0.3) is 11.8 Å². The second kappa shape index (κ2) is 5.77. The van der Waals surface area contributed by atoms with Gasteiger partial charge in [0.2, 0.25) is 0 Å². The fourth-order valence-electron chi connectivity index (χ4n) is 2.03. The van der Waals surface area contributed by atoms with Gasteiger partial charge in [0, 0.05) is 5.39 Å². The highest BCUT2D eigenvalue weighted by molar-refractivity contribution is 5.98. The molecule has 2 N–H and O–H groups in total. The summed E-state index contributed by atoms with van der Waals surface area (Å²) in [6.45, 7) is 3.87. The maximum atomic E-state index is 12.1. The average Bonchev–Trinajstić information content (AvgIpc) is 2.81. The summed E-state index contributed by atoms with van der Waals surface area (Å²) in [5.74, 6) is -0.887. The summed E-state index contributed by atoms with van der Waals surface area (Å²) >= 11 is 0. The van der Waals surface area contributed by atoms with Crippen molar-refractivity contribution in [1.29, 1.82) is 0 Å². The molecule has 0 aliphatic carbocycles. The van der Waals surface area contributed by atoms with Crippen molar-refractivity contribution >= 4 is 22.8 Å². The number of fused-ring (bicyclic) bond motifs is 1. The number of carbonyl (C=O) groups is 2. The largest absolute Gasteiger partial charge is 0.451 e. The summed E-state index contributed by atoms with van der Waals surface area (Å²) in [7, 11) is 0. The van der Waals surface area contributed by atoms with Gasteiger partial charge in [0.05, 0.1) is 0 Å². The monoisotopic (exact) mass is 273 g/mol. The molecule has 2 rings (SSSR count). The van der Waals surface area contributed by atoms with E-state index in [1.807, 2.05) is 32.0 Å². The first kappa shape index (κ1) is 14.1. The van der Waals surface area contributed by atoms with Crippen molar-refractivity contribution in [2.45, 2.75) is 26.3 Å². The molecule has 1 aromatic carbocycles. The van der Waals surface area contributed by atoms with Gasteiger partial charge in [-0.1, -0.05) is 32.0 Å². The van der Waals surface area contributed by atoms with E-state index in [-0.39, 0.29) is 11.7 Å². The maximum Gasteiger partial charge on any atom is 0.287 e. The van der Waals surface area contributed by atoms with Crippen molar-refractivity contribution in [3.63, 3.8) is 0 Å². The van der Waals surface area contributed by atoms with Gasteiger partial charge in [0.15, 0.2) is 5.76 Å². The van der Waals surface area contributed by atoms with Gasteiger partial charge in [-0.3, -0.25) is 15.3 Å². The van der Waals surface area contributed by atoms with E-state index in [0.717, 1.165) is 5.39 Å². The number of hydrogen-bond donors (Lipinski definition) is 1. The fourth-order valence-corrected chi connectivity index (χ4v) is 2.03. The van der Waals surface area contributed by atoms with Crippen LogP contribution in [0.1, 0.15) is 30.8 Å². The molecule has 5 nitrogen and oxygen atoms in total. The number of carbonyl (C=O) groups excluding carboxylic acids is 2. The molecule has 0 unspecified atom stereocenters. The van der Waals surface area contributed by atoms with Crippen LogP contribution in [0, 0.1) is 5.92 Å². The lowest BCUT2D eigenvalue weighted by Gasteiger charge is -2.15. The Hall–Kier alpha value is -2.30. The van der Waals surface area contributed by atoms with Crippen LogP contribution in [0.4, 0.5) is 0 Å². The minimum atomic E-state index is -0.796. The smallest absolute Gasteiger partial charge is 0.287 e. The summed E-state index contributed by atoms with van der Waals surface area (Å²) in [6.07, 6.45) is 0.439. The summed E-state index contributed by atoms with van der Waals surface area (Å²) < 4.78 is 5.43. The third kappa shape index (κ3) is 3.17. The molecule has 105 valence electrons. The number of rotatable bonds is 5. The van der Waals surface area contributed by atoms with Crippen LogP contribution in [-0.2, 0) is 4.79 Å². The molecule has 5 heteroatoms. The molecule has 0 saturated heterocycles. The number of furan rings is 1. The molecule has 0 fully saturated rings. The molecule has 0 aliphatic heterocycles. The lowest BCUT2D eigenvalue weighted by molar-refractivity contribution is -0.120. The van der Waals surface area contributed by atoms with E-state index < -0.39 is 17.9 Å². The van der Waals surface area contributed by atoms with E-state index in [9.17, 15) is 9.59 Å².